The van der Waals surface area contributed by atoms with Crippen LogP contribution in [0.15, 0.2) is 24.7 Å². The molecule has 2 atom stereocenters. The molecule has 4 rings (SSSR count). The van der Waals surface area contributed by atoms with Gasteiger partial charge in [0.05, 0.1) is 23.9 Å². The van der Waals surface area contributed by atoms with Crippen LogP contribution in [-0.2, 0) is 9.53 Å². The summed E-state index contributed by atoms with van der Waals surface area (Å²) in [6, 6.07) is 2.22. The van der Waals surface area contributed by atoms with Crippen LogP contribution in [-0.4, -0.2) is 69.6 Å². The molecular weight excluding hydrogens is 438 g/mol. The van der Waals surface area contributed by atoms with Gasteiger partial charge in [0.2, 0.25) is 5.95 Å². The molecule has 2 aliphatic rings. The number of fused-ring (bicyclic) bond motifs is 1. The van der Waals surface area contributed by atoms with Crippen molar-refractivity contribution in [2.75, 3.05) is 31.2 Å². The van der Waals surface area contributed by atoms with Crippen LogP contribution in [0.5, 0.6) is 6.01 Å². The monoisotopic (exact) mass is 459 g/mol. The van der Waals surface area contributed by atoms with E-state index < -0.39 is 18.0 Å². The molecule has 0 bridgehead atoms. The molecule has 0 aliphatic carbocycles. The highest BCUT2D eigenvalue weighted by atomic mass is 19.4. The van der Waals surface area contributed by atoms with Gasteiger partial charge in [-0.05, 0) is 25.8 Å². The fourth-order valence-electron chi connectivity index (χ4n) is 3.60. The predicted octanol–water partition coefficient (Wildman–Crippen LogP) is 2.41. The number of anilines is 1. The Morgan fingerprint density at radius 1 is 1.34 bits per heavy atom. The van der Waals surface area contributed by atoms with Crippen LogP contribution in [0, 0.1) is 18.2 Å². The highest BCUT2D eigenvalue weighted by molar-refractivity contribution is 5.73. The number of hydrogen-bond donors (Lipinski definition) is 1. The van der Waals surface area contributed by atoms with E-state index in [0.717, 1.165) is 25.1 Å². The van der Waals surface area contributed by atoms with Crippen molar-refractivity contribution in [2.24, 2.45) is 5.41 Å². The van der Waals surface area contributed by atoms with Crippen molar-refractivity contribution in [2.45, 2.75) is 32.0 Å². The van der Waals surface area contributed by atoms with Crippen molar-refractivity contribution in [1.29, 1.82) is 0 Å². The summed E-state index contributed by atoms with van der Waals surface area (Å²) in [6.45, 7) is 4.57. The van der Waals surface area contributed by atoms with Crippen molar-refractivity contribution >= 4 is 11.9 Å². The summed E-state index contributed by atoms with van der Waals surface area (Å²) in [5, 5.41) is 7.12. The van der Waals surface area contributed by atoms with E-state index >= 15 is 0 Å². The lowest BCUT2D eigenvalue weighted by atomic mass is 9.77. The second-order valence-corrected chi connectivity index (χ2v) is 7.46. The second-order valence-electron chi connectivity index (χ2n) is 7.46. The maximum Gasteiger partial charge on any atom is 0.490 e. The van der Waals surface area contributed by atoms with Crippen LogP contribution in [0.3, 0.4) is 0 Å². The maximum atomic E-state index is 13.1. The number of piperidine rings is 1. The summed E-state index contributed by atoms with van der Waals surface area (Å²) in [4.78, 5) is 27.7. The highest BCUT2D eigenvalue weighted by Gasteiger charge is 2.49. The van der Waals surface area contributed by atoms with E-state index in [9.17, 15) is 17.6 Å². The smallest absolute Gasteiger partial charge is 0.475 e. The van der Waals surface area contributed by atoms with Gasteiger partial charge in [-0.3, -0.25) is 0 Å². The molecule has 2 aromatic heterocycles. The molecule has 13 heteroatoms. The van der Waals surface area contributed by atoms with Gasteiger partial charge in [-0.2, -0.15) is 13.2 Å². The van der Waals surface area contributed by atoms with Crippen LogP contribution in [0.1, 0.15) is 18.5 Å². The number of aromatic nitrogens is 4. The number of aliphatic carboxylic acids is 1. The first kappa shape index (κ1) is 23.6. The number of alkyl halides is 3. The average Bonchev–Trinajstić information content (AvgIpc) is 3.16. The van der Waals surface area contributed by atoms with E-state index in [0.29, 0.717) is 31.7 Å². The SMILES string of the molecule is Cc1ccnc(OC[C@@]23CCO[C@@H]2CCN(c2ncc(F)cn2)C3)n1.O=C(O)C(F)(F)F. The number of halogens is 4. The zero-order chi connectivity index (χ0) is 23.4. The predicted molar refractivity (Wildman–Crippen MR) is 102 cm³/mol. The lowest BCUT2D eigenvalue weighted by Gasteiger charge is -2.43. The van der Waals surface area contributed by atoms with Crippen molar-refractivity contribution in [1.82, 2.24) is 19.9 Å². The minimum atomic E-state index is -5.08. The number of nitrogens with zero attached hydrogens (tertiary/aromatic N) is 5. The minimum absolute atomic E-state index is 0.133. The maximum absolute atomic E-state index is 13.1. The Morgan fingerprint density at radius 3 is 2.66 bits per heavy atom. The van der Waals surface area contributed by atoms with Crippen molar-refractivity contribution in [3.63, 3.8) is 0 Å². The molecule has 174 valence electrons. The van der Waals surface area contributed by atoms with Crippen molar-refractivity contribution in [3.8, 4) is 6.01 Å². The number of hydrogen-bond acceptors (Lipinski definition) is 8. The van der Waals surface area contributed by atoms with Crippen LogP contribution in [0.2, 0.25) is 0 Å². The molecule has 32 heavy (non-hydrogen) atoms. The van der Waals surface area contributed by atoms with E-state index in [1.807, 2.05) is 13.0 Å². The number of ether oxygens (including phenoxy) is 2. The quantitative estimate of drug-likeness (QED) is 0.689. The molecule has 0 aromatic carbocycles. The summed E-state index contributed by atoms with van der Waals surface area (Å²) in [7, 11) is 0. The molecule has 2 saturated heterocycles. The molecule has 4 heterocycles. The van der Waals surface area contributed by atoms with Gasteiger partial charge in [0, 0.05) is 31.6 Å². The Morgan fingerprint density at radius 2 is 2.03 bits per heavy atom. The zero-order valence-corrected chi connectivity index (χ0v) is 17.0. The fourth-order valence-corrected chi connectivity index (χ4v) is 3.60. The van der Waals surface area contributed by atoms with Crippen LogP contribution in [0.4, 0.5) is 23.5 Å². The van der Waals surface area contributed by atoms with E-state index in [4.69, 9.17) is 19.4 Å². The van der Waals surface area contributed by atoms with Gasteiger partial charge in [-0.1, -0.05) is 0 Å². The van der Waals surface area contributed by atoms with Crippen molar-refractivity contribution in [3.05, 3.63) is 36.2 Å². The number of carboxylic acids is 1. The first-order chi connectivity index (χ1) is 15.1. The highest BCUT2D eigenvalue weighted by Crippen LogP contribution is 2.41. The van der Waals surface area contributed by atoms with Gasteiger partial charge in [0.15, 0.2) is 5.82 Å². The van der Waals surface area contributed by atoms with Gasteiger partial charge in [0.25, 0.3) is 0 Å². The van der Waals surface area contributed by atoms with Gasteiger partial charge in [-0.25, -0.2) is 29.1 Å². The van der Waals surface area contributed by atoms with Crippen LogP contribution < -0.4 is 9.64 Å². The van der Waals surface area contributed by atoms with Gasteiger partial charge < -0.3 is 19.5 Å². The summed E-state index contributed by atoms with van der Waals surface area (Å²) in [5.41, 5.74) is 0.704. The molecule has 0 spiro atoms. The Balaban J connectivity index is 0.000000360. The van der Waals surface area contributed by atoms with E-state index in [1.165, 1.54) is 12.4 Å². The first-order valence-electron chi connectivity index (χ1n) is 9.66. The Kier molecular flexibility index (Phi) is 7.06. The number of carbonyl (C=O) groups is 1. The number of aryl methyl sites for hydroxylation is 1. The summed E-state index contributed by atoms with van der Waals surface area (Å²) in [6.07, 6.45) is 0.887. The van der Waals surface area contributed by atoms with Gasteiger partial charge in [0.1, 0.15) is 6.61 Å². The van der Waals surface area contributed by atoms with E-state index in [1.54, 1.807) is 6.20 Å². The topological polar surface area (TPSA) is 111 Å². The fraction of sp³-hybridized carbons (Fsp3) is 0.526. The van der Waals surface area contributed by atoms with Crippen molar-refractivity contribution < 1.29 is 36.9 Å². The largest absolute Gasteiger partial charge is 0.490 e. The molecule has 0 saturated carbocycles. The Labute approximate surface area is 180 Å². The molecule has 1 N–H and O–H groups in total. The van der Waals surface area contributed by atoms with Gasteiger partial charge >= 0.3 is 18.2 Å². The lowest BCUT2D eigenvalue weighted by molar-refractivity contribution is -0.192. The average molecular weight is 459 g/mol. The standard InChI is InChI=1S/C17H20FN5O2.C2HF3O2/c1-12-2-5-19-16(22-12)25-11-17-4-7-24-14(17)3-6-23(10-17)15-20-8-13(18)9-21-15;3-2(4,5)1(6)7/h2,5,8-9,14H,3-4,6-7,10-11H2,1H3;(H,6,7)/t14-,17+;/m1./s1. The van der Waals surface area contributed by atoms with E-state index in [2.05, 4.69) is 24.8 Å². The molecule has 0 unspecified atom stereocenters. The van der Waals surface area contributed by atoms with Crippen LogP contribution in [0.25, 0.3) is 0 Å². The summed E-state index contributed by atoms with van der Waals surface area (Å²) < 4.78 is 56.7. The third-order valence-electron chi connectivity index (χ3n) is 5.16. The third kappa shape index (κ3) is 5.78. The second kappa shape index (κ2) is 9.59. The Hall–Kier alpha value is -3.09. The summed E-state index contributed by atoms with van der Waals surface area (Å²) >= 11 is 0. The van der Waals surface area contributed by atoms with Crippen LogP contribution >= 0.6 is 0 Å². The molecule has 2 aromatic rings. The first-order valence-corrected chi connectivity index (χ1v) is 9.66. The van der Waals surface area contributed by atoms with Gasteiger partial charge in [-0.15, -0.1) is 0 Å². The lowest BCUT2D eigenvalue weighted by Crippen LogP contribution is -2.53. The molecule has 2 aliphatic heterocycles. The molecule has 0 radical (unpaired) electrons. The zero-order valence-electron chi connectivity index (χ0n) is 17.0. The molecule has 9 nitrogen and oxygen atoms in total. The molecular formula is C19H21F4N5O4. The number of rotatable bonds is 4. The van der Waals surface area contributed by atoms with E-state index in [-0.39, 0.29) is 11.5 Å². The Bertz CT molecular complexity index is 931. The molecule has 2 fully saturated rings. The normalized spacial score (nSPS) is 22.5. The minimum Gasteiger partial charge on any atom is -0.475 e. The molecule has 0 amide bonds. The summed E-state index contributed by atoms with van der Waals surface area (Å²) in [5.74, 6) is -2.65. The number of carboxylic acid groups (broad SMARTS) is 1. The third-order valence-corrected chi connectivity index (χ3v) is 5.16.